The highest BCUT2D eigenvalue weighted by molar-refractivity contribution is 7.08. The van der Waals surface area contributed by atoms with Crippen LogP contribution in [0.15, 0.2) is 53.5 Å². The Hall–Kier alpha value is -3.53. The Morgan fingerprint density at radius 2 is 1.93 bits per heavy atom. The number of halogens is 1. The molecule has 6 rings (SSSR count). The maximum absolute atomic E-state index is 12.7. The molecule has 0 bridgehead atoms. The minimum absolute atomic E-state index is 0.104. The molecule has 4 aromatic rings. The quantitative estimate of drug-likeness (QED) is 0.212. The van der Waals surface area contributed by atoms with Crippen molar-refractivity contribution in [2.24, 2.45) is 5.41 Å². The average molecular weight is 606 g/mol. The SMILES string of the molecule is Cc1cc2c(Oc3ccc(CC(=O)Cc4ccsc4)c(Cl)c3)ncnc2cc1OCCC(=O)N1CCC2(CC1)COC2. The summed E-state index contributed by atoms with van der Waals surface area (Å²) in [5.74, 6) is 1.80. The number of likely N-dealkylation sites (tertiary alicyclic amines) is 1. The maximum Gasteiger partial charge on any atom is 0.230 e. The second-order valence-corrected chi connectivity index (χ2v) is 12.4. The third kappa shape index (κ3) is 6.43. The van der Waals surface area contributed by atoms with Crippen LogP contribution in [0, 0.1) is 12.3 Å². The number of benzene rings is 2. The number of ketones is 1. The van der Waals surface area contributed by atoms with Crippen molar-refractivity contribution >= 4 is 45.5 Å². The van der Waals surface area contributed by atoms with E-state index in [-0.39, 0.29) is 18.1 Å². The Morgan fingerprint density at radius 1 is 1.10 bits per heavy atom. The van der Waals surface area contributed by atoms with Gasteiger partial charge < -0.3 is 19.1 Å². The number of hydrogen-bond donors (Lipinski definition) is 0. The molecule has 0 aliphatic carbocycles. The van der Waals surface area contributed by atoms with E-state index in [1.54, 1.807) is 23.5 Å². The number of Topliss-reactive ketones (excluding diaryl/α,β-unsaturated/α-hetero) is 1. The van der Waals surface area contributed by atoms with Crippen molar-refractivity contribution < 1.29 is 23.8 Å². The number of carbonyl (C=O) groups excluding carboxylic acids is 2. The summed E-state index contributed by atoms with van der Waals surface area (Å²) < 4.78 is 17.5. The van der Waals surface area contributed by atoms with Gasteiger partial charge in [0.1, 0.15) is 23.6 Å². The number of ether oxygens (including phenoxy) is 3. The van der Waals surface area contributed by atoms with Crippen LogP contribution in [0.5, 0.6) is 17.4 Å². The normalized spacial score (nSPS) is 15.9. The van der Waals surface area contributed by atoms with Gasteiger partial charge in [-0.3, -0.25) is 9.59 Å². The van der Waals surface area contributed by atoms with Gasteiger partial charge in [0.05, 0.1) is 37.1 Å². The van der Waals surface area contributed by atoms with Crippen molar-refractivity contribution in [3.05, 3.63) is 75.2 Å². The lowest BCUT2D eigenvalue weighted by Gasteiger charge is -2.47. The number of hydrogen-bond acceptors (Lipinski definition) is 8. The standard InChI is InChI=1S/C32H32ClN3O5S/c1-21-12-26-28(16-29(21)40-10-4-30(38)36-8-6-32(7-9-36)18-39-19-32)34-20-35-31(26)41-25-3-2-23(27(33)15-25)14-24(37)13-22-5-11-42-17-22/h2-3,5,11-12,15-17,20H,4,6-10,13-14,18-19H2,1H3. The van der Waals surface area contributed by atoms with Gasteiger partial charge in [-0.05, 0) is 71.5 Å². The fourth-order valence-corrected chi connectivity index (χ4v) is 6.37. The summed E-state index contributed by atoms with van der Waals surface area (Å²) in [5.41, 5.74) is 3.63. The summed E-state index contributed by atoms with van der Waals surface area (Å²) in [6.45, 7) is 5.47. The van der Waals surface area contributed by atoms with Gasteiger partial charge in [-0.2, -0.15) is 11.3 Å². The zero-order valence-electron chi connectivity index (χ0n) is 23.4. The largest absolute Gasteiger partial charge is 0.493 e. The second-order valence-electron chi connectivity index (χ2n) is 11.2. The van der Waals surface area contributed by atoms with Crippen LogP contribution in [-0.4, -0.2) is 59.5 Å². The van der Waals surface area contributed by atoms with E-state index >= 15 is 0 Å². The number of carbonyl (C=O) groups is 2. The van der Waals surface area contributed by atoms with Crippen LogP contribution in [-0.2, 0) is 27.2 Å². The summed E-state index contributed by atoms with van der Waals surface area (Å²) in [6, 6.07) is 11.0. The first-order valence-electron chi connectivity index (χ1n) is 14.1. The van der Waals surface area contributed by atoms with E-state index < -0.39 is 0 Å². The molecule has 2 fully saturated rings. The zero-order chi connectivity index (χ0) is 29.1. The molecular weight excluding hydrogens is 574 g/mol. The molecular formula is C32H32ClN3O5S. The Morgan fingerprint density at radius 3 is 2.64 bits per heavy atom. The zero-order valence-corrected chi connectivity index (χ0v) is 25.0. The molecule has 2 aliphatic heterocycles. The molecule has 0 N–H and O–H groups in total. The highest BCUT2D eigenvalue weighted by atomic mass is 35.5. The number of thiophene rings is 1. The number of aryl methyl sites for hydroxylation is 1. The lowest BCUT2D eigenvalue weighted by atomic mass is 9.77. The molecule has 10 heteroatoms. The van der Waals surface area contributed by atoms with E-state index in [1.165, 1.54) is 6.33 Å². The maximum atomic E-state index is 12.7. The average Bonchev–Trinajstić information content (AvgIpc) is 3.47. The minimum Gasteiger partial charge on any atom is -0.493 e. The van der Waals surface area contributed by atoms with Gasteiger partial charge in [0.25, 0.3) is 0 Å². The second kappa shape index (κ2) is 12.4. The summed E-state index contributed by atoms with van der Waals surface area (Å²) in [4.78, 5) is 35.9. The van der Waals surface area contributed by atoms with Crippen molar-refractivity contribution in [1.29, 1.82) is 0 Å². The molecule has 2 saturated heterocycles. The number of aromatic nitrogens is 2. The first kappa shape index (κ1) is 28.6. The van der Waals surface area contributed by atoms with Crippen LogP contribution in [0.2, 0.25) is 5.02 Å². The number of nitrogens with zero attached hydrogens (tertiary/aromatic N) is 3. The molecule has 218 valence electrons. The van der Waals surface area contributed by atoms with Crippen molar-refractivity contribution in [2.45, 2.75) is 39.0 Å². The molecule has 2 aliphatic rings. The van der Waals surface area contributed by atoms with E-state index in [9.17, 15) is 9.59 Å². The topological polar surface area (TPSA) is 90.8 Å². The van der Waals surface area contributed by atoms with Crippen LogP contribution in [0.25, 0.3) is 10.9 Å². The van der Waals surface area contributed by atoms with Crippen molar-refractivity contribution in [3.63, 3.8) is 0 Å². The number of piperidine rings is 1. The third-order valence-corrected chi connectivity index (χ3v) is 9.15. The Labute approximate surface area is 253 Å². The smallest absolute Gasteiger partial charge is 0.230 e. The lowest BCUT2D eigenvalue weighted by Crippen LogP contribution is -2.52. The molecule has 8 nitrogen and oxygen atoms in total. The van der Waals surface area contributed by atoms with Gasteiger partial charge in [-0.15, -0.1) is 0 Å². The minimum atomic E-state index is 0.104. The fraction of sp³-hybridized carbons (Fsp3) is 0.375. The highest BCUT2D eigenvalue weighted by Gasteiger charge is 2.41. The van der Waals surface area contributed by atoms with E-state index in [0.29, 0.717) is 52.8 Å². The van der Waals surface area contributed by atoms with Crippen LogP contribution in [0.1, 0.15) is 36.0 Å². The van der Waals surface area contributed by atoms with Crippen molar-refractivity contribution in [2.75, 3.05) is 32.9 Å². The highest BCUT2D eigenvalue weighted by Crippen LogP contribution is 2.38. The molecule has 2 aromatic heterocycles. The third-order valence-electron chi connectivity index (χ3n) is 8.07. The molecule has 42 heavy (non-hydrogen) atoms. The molecule has 2 aromatic carbocycles. The summed E-state index contributed by atoms with van der Waals surface area (Å²) in [7, 11) is 0. The Balaban J connectivity index is 1.06. The van der Waals surface area contributed by atoms with Crippen LogP contribution in [0.3, 0.4) is 0 Å². The van der Waals surface area contributed by atoms with E-state index in [1.807, 2.05) is 46.8 Å². The van der Waals surface area contributed by atoms with Crippen LogP contribution < -0.4 is 9.47 Å². The molecule has 0 atom stereocenters. The van der Waals surface area contributed by atoms with Crippen molar-refractivity contribution in [3.8, 4) is 17.4 Å². The number of amides is 1. The Kier molecular flexibility index (Phi) is 8.42. The Bertz CT molecular complexity index is 1600. The monoisotopic (exact) mass is 605 g/mol. The molecule has 0 unspecified atom stereocenters. The van der Waals surface area contributed by atoms with Gasteiger partial charge in [-0.1, -0.05) is 17.7 Å². The van der Waals surface area contributed by atoms with Gasteiger partial charge in [0, 0.05) is 42.4 Å². The fourth-order valence-electron chi connectivity index (χ4n) is 5.46. The van der Waals surface area contributed by atoms with E-state index in [4.69, 9.17) is 25.8 Å². The van der Waals surface area contributed by atoms with Gasteiger partial charge in [0.15, 0.2) is 0 Å². The van der Waals surface area contributed by atoms with E-state index in [2.05, 4.69) is 9.97 Å². The first-order chi connectivity index (χ1) is 20.4. The lowest BCUT2D eigenvalue weighted by molar-refractivity contribution is -0.153. The summed E-state index contributed by atoms with van der Waals surface area (Å²) >= 11 is 8.09. The number of fused-ring (bicyclic) bond motifs is 1. The molecule has 1 amide bonds. The summed E-state index contributed by atoms with van der Waals surface area (Å²) in [6.07, 6.45) is 4.44. The molecule has 4 heterocycles. The summed E-state index contributed by atoms with van der Waals surface area (Å²) in [5, 5.41) is 5.14. The van der Waals surface area contributed by atoms with Crippen LogP contribution in [0.4, 0.5) is 0 Å². The van der Waals surface area contributed by atoms with Gasteiger partial charge >= 0.3 is 0 Å². The molecule has 1 spiro atoms. The van der Waals surface area contributed by atoms with E-state index in [0.717, 1.165) is 61.2 Å². The number of rotatable bonds is 10. The van der Waals surface area contributed by atoms with Crippen LogP contribution >= 0.6 is 22.9 Å². The predicted octanol–water partition coefficient (Wildman–Crippen LogP) is 6.21. The predicted molar refractivity (Wildman–Crippen MR) is 162 cm³/mol. The van der Waals surface area contributed by atoms with Gasteiger partial charge in [-0.25, -0.2) is 9.97 Å². The van der Waals surface area contributed by atoms with Crippen molar-refractivity contribution in [1.82, 2.24) is 14.9 Å². The first-order valence-corrected chi connectivity index (χ1v) is 15.4. The molecule has 0 saturated carbocycles. The molecule has 0 radical (unpaired) electrons. The van der Waals surface area contributed by atoms with Gasteiger partial charge in [0.2, 0.25) is 11.8 Å².